The Labute approximate surface area is 185 Å². The zero-order valence-electron chi connectivity index (χ0n) is 18.5. The van der Waals surface area contributed by atoms with Gasteiger partial charge in [-0.15, -0.1) is 0 Å². The van der Waals surface area contributed by atoms with E-state index >= 15 is 0 Å². The van der Waals surface area contributed by atoms with E-state index in [4.69, 9.17) is 4.74 Å². The van der Waals surface area contributed by atoms with Gasteiger partial charge in [-0.2, -0.15) is 0 Å². The van der Waals surface area contributed by atoms with Crippen molar-refractivity contribution in [1.29, 1.82) is 0 Å². The van der Waals surface area contributed by atoms with Crippen molar-refractivity contribution < 1.29 is 18.6 Å². The Balaban J connectivity index is 1.53. The lowest BCUT2D eigenvalue weighted by atomic mass is 10.0. The third kappa shape index (κ3) is 4.76. The van der Waals surface area contributed by atoms with Crippen LogP contribution in [0.4, 0.5) is 16.2 Å². The fourth-order valence-electron chi connectivity index (χ4n) is 3.64. The van der Waals surface area contributed by atoms with Crippen LogP contribution in [0.2, 0.25) is 0 Å². The molecule has 2 aromatic rings. The van der Waals surface area contributed by atoms with Gasteiger partial charge in [0.15, 0.2) is 0 Å². The van der Waals surface area contributed by atoms with Gasteiger partial charge in [-0.3, -0.25) is 17.7 Å². The lowest BCUT2D eigenvalue weighted by molar-refractivity contribution is 0.131. The molecule has 1 aliphatic carbocycles. The van der Waals surface area contributed by atoms with E-state index in [0.717, 1.165) is 40.9 Å². The summed E-state index contributed by atoms with van der Waals surface area (Å²) in [6.07, 6.45) is 1.84. The summed E-state index contributed by atoms with van der Waals surface area (Å²) in [6, 6.07) is 13.8. The number of amides is 1. The van der Waals surface area contributed by atoms with Gasteiger partial charge in [-0.05, 0) is 85.4 Å². The van der Waals surface area contributed by atoms with Crippen LogP contribution in [0.3, 0.4) is 0 Å². The Morgan fingerprint density at radius 2 is 1.84 bits per heavy atom. The first-order valence-electron chi connectivity index (χ1n) is 10.5. The maximum absolute atomic E-state index is 11.9. The molecular formula is C23H31N3O4S. The molecule has 0 bridgehead atoms. The van der Waals surface area contributed by atoms with Crippen molar-refractivity contribution in [3.8, 4) is 11.1 Å². The van der Waals surface area contributed by atoms with Gasteiger partial charge in [-0.25, -0.2) is 4.79 Å². The Bertz CT molecular complexity index is 985. The van der Waals surface area contributed by atoms with Gasteiger partial charge < -0.3 is 10.1 Å². The lowest BCUT2D eigenvalue weighted by Gasteiger charge is -2.42. The third-order valence-electron chi connectivity index (χ3n) is 5.47. The molecule has 1 heterocycles. The van der Waals surface area contributed by atoms with Crippen LogP contribution in [0, 0.1) is 5.92 Å². The molecule has 168 valence electrons. The molecule has 0 aromatic heterocycles. The molecule has 8 heteroatoms. The van der Waals surface area contributed by atoms with Crippen molar-refractivity contribution in [2.24, 2.45) is 5.92 Å². The first-order chi connectivity index (χ1) is 14.5. The number of benzene rings is 2. The molecule has 2 aliphatic rings. The molecule has 2 aromatic carbocycles. The predicted octanol–water partition coefficient (Wildman–Crippen LogP) is 5.63. The Morgan fingerprint density at radius 1 is 1.13 bits per heavy atom. The van der Waals surface area contributed by atoms with Gasteiger partial charge in [0.05, 0.1) is 11.4 Å². The number of nitrogens with zero attached hydrogens (tertiary/aromatic N) is 2. The average molecular weight is 446 g/mol. The number of anilines is 2. The SMILES string of the molecule is CN1c2cc(-c3cccc(COC(=O)NC(C)(C)C)c3)ccc2N(CC2CC2)S1(O)O. The second kappa shape index (κ2) is 7.93. The number of carbonyl (C=O) groups is 1. The summed E-state index contributed by atoms with van der Waals surface area (Å²) in [5.74, 6) is 0.539. The molecule has 31 heavy (non-hydrogen) atoms. The smallest absolute Gasteiger partial charge is 0.407 e. The lowest BCUT2D eigenvalue weighted by Crippen LogP contribution is -2.40. The Kier molecular flexibility index (Phi) is 5.57. The first-order valence-corrected chi connectivity index (χ1v) is 12.0. The highest BCUT2D eigenvalue weighted by Gasteiger charge is 2.41. The molecule has 7 nitrogen and oxygen atoms in total. The monoisotopic (exact) mass is 445 g/mol. The molecule has 0 atom stereocenters. The second-order valence-electron chi connectivity index (χ2n) is 9.35. The van der Waals surface area contributed by atoms with Crippen LogP contribution in [0.1, 0.15) is 39.2 Å². The fraction of sp³-hybridized carbons (Fsp3) is 0.435. The van der Waals surface area contributed by atoms with E-state index in [2.05, 4.69) is 5.32 Å². The Morgan fingerprint density at radius 3 is 2.52 bits per heavy atom. The van der Waals surface area contributed by atoms with Crippen molar-refractivity contribution in [2.75, 3.05) is 22.2 Å². The highest BCUT2D eigenvalue weighted by atomic mass is 32.3. The molecule has 1 saturated carbocycles. The summed E-state index contributed by atoms with van der Waals surface area (Å²) in [5, 5.41) is 2.78. The van der Waals surface area contributed by atoms with Crippen molar-refractivity contribution in [3.05, 3.63) is 48.0 Å². The number of nitrogens with one attached hydrogen (secondary N) is 1. The molecule has 0 spiro atoms. The number of hydrogen-bond donors (Lipinski definition) is 3. The van der Waals surface area contributed by atoms with E-state index in [1.165, 1.54) is 0 Å². The number of alkyl carbamates (subject to hydrolysis) is 1. The topological polar surface area (TPSA) is 85.3 Å². The highest BCUT2D eigenvalue weighted by Crippen LogP contribution is 2.61. The quantitative estimate of drug-likeness (QED) is 0.553. The third-order valence-corrected chi connectivity index (χ3v) is 7.34. The molecule has 4 rings (SSSR count). The maximum Gasteiger partial charge on any atom is 0.407 e. The molecule has 3 N–H and O–H groups in total. The van der Waals surface area contributed by atoms with E-state index in [9.17, 15) is 13.9 Å². The zero-order chi connectivity index (χ0) is 22.4. The summed E-state index contributed by atoms with van der Waals surface area (Å²) in [4.78, 5) is 11.9. The predicted molar refractivity (Wildman–Crippen MR) is 126 cm³/mol. The van der Waals surface area contributed by atoms with Crippen LogP contribution in [-0.4, -0.2) is 34.3 Å². The molecule has 0 saturated heterocycles. The molecule has 0 radical (unpaired) electrons. The minimum Gasteiger partial charge on any atom is -0.445 e. The summed E-state index contributed by atoms with van der Waals surface area (Å²) in [7, 11) is -1.29. The standard InChI is InChI=1S/C23H31N3O4S/c1-23(2,3)24-22(27)30-15-17-6-5-7-18(12-17)19-10-11-20-21(13-19)25(4)31(28,29)26(20)14-16-8-9-16/h5-7,10-13,16,28-29H,8-9,14-15H2,1-4H3,(H,24,27). The summed E-state index contributed by atoms with van der Waals surface area (Å²) < 4.78 is 30.2. The van der Waals surface area contributed by atoms with Crippen molar-refractivity contribution in [3.63, 3.8) is 0 Å². The molecule has 1 aliphatic heterocycles. The van der Waals surface area contributed by atoms with E-state index in [1.54, 1.807) is 15.7 Å². The largest absolute Gasteiger partial charge is 0.445 e. The van der Waals surface area contributed by atoms with Gasteiger partial charge in [0.2, 0.25) is 0 Å². The summed E-state index contributed by atoms with van der Waals surface area (Å²) in [6.45, 7) is 6.56. The molecule has 1 amide bonds. The van der Waals surface area contributed by atoms with Crippen LogP contribution in [0.5, 0.6) is 0 Å². The highest BCUT2D eigenvalue weighted by molar-refractivity contribution is 8.26. The van der Waals surface area contributed by atoms with Crippen molar-refractivity contribution in [2.45, 2.75) is 45.8 Å². The number of ether oxygens (including phenoxy) is 1. The molecular weight excluding hydrogens is 414 g/mol. The van der Waals surface area contributed by atoms with Gasteiger partial charge in [0, 0.05) is 19.1 Å². The number of fused-ring (bicyclic) bond motifs is 1. The zero-order valence-corrected chi connectivity index (χ0v) is 19.3. The minimum absolute atomic E-state index is 0.177. The van der Waals surface area contributed by atoms with Crippen molar-refractivity contribution in [1.82, 2.24) is 5.32 Å². The normalized spacial score (nSPS) is 18.5. The number of rotatable bonds is 5. The average Bonchev–Trinajstić information content (AvgIpc) is 3.50. The van der Waals surface area contributed by atoms with E-state index < -0.39 is 17.1 Å². The van der Waals surface area contributed by atoms with Gasteiger partial charge >= 0.3 is 6.09 Å². The van der Waals surface area contributed by atoms with Crippen LogP contribution < -0.4 is 13.9 Å². The molecule has 1 fully saturated rings. The first kappa shape index (κ1) is 21.8. The van der Waals surface area contributed by atoms with Crippen molar-refractivity contribution >= 4 is 28.4 Å². The van der Waals surface area contributed by atoms with E-state index in [1.807, 2.05) is 63.2 Å². The van der Waals surface area contributed by atoms with Crippen LogP contribution in [-0.2, 0) is 11.3 Å². The van der Waals surface area contributed by atoms with Crippen LogP contribution in [0.25, 0.3) is 11.1 Å². The van der Waals surface area contributed by atoms with E-state index in [0.29, 0.717) is 12.5 Å². The van der Waals surface area contributed by atoms with Crippen LogP contribution >= 0.6 is 11.0 Å². The van der Waals surface area contributed by atoms with Crippen LogP contribution in [0.15, 0.2) is 42.5 Å². The van der Waals surface area contributed by atoms with Gasteiger partial charge in [0.25, 0.3) is 0 Å². The summed E-state index contributed by atoms with van der Waals surface area (Å²) in [5.41, 5.74) is 4.15. The second-order valence-corrected chi connectivity index (χ2v) is 11.3. The van der Waals surface area contributed by atoms with Gasteiger partial charge in [0.1, 0.15) is 6.61 Å². The fourth-order valence-corrected chi connectivity index (χ4v) is 5.18. The minimum atomic E-state index is -3.02. The van der Waals surface area contributed by atoms with Gasteiger partial charge in [-0.1, -0.05) is 24.3 Å². The van der Waals surface area contributed by atoms with E-state index in [-0.39, 0.29) is 12.1 Å². The maximum atomic E-state index is 11.9. The Hall–Kier alpha value is -2.42. The summed E-state index contributed by atoms with van der Waals surface area (Å²) >= 11 is 0. The molecule has 0 unspecified atom stereocenters. The number of carbonyl (C=O) groups excluding carboxylic acids is 1. The number of hydrogen-bond acceptors (Lipinski definition) is 6.